The number of furan rings is 1. The van der Waals surface area contributed by atoms with Crippen LogP contribution in [0.25, 0.3) is 10.9 Å². The van der Waals surface area contributed by atoms with Crippen molar-refractivity contribution in [3.8, 4) is 0 Å². The highest BCUT2D eigenvalue weighted by atomic mass is 16.3. The number of carbonyl (C=O) groups excluding carboxylic acids is 1. The second-order valence-electron chi connectivity index (χ2n) is 5.16. The number of para-hydroxylation sites is 1. The van der Waals surface area contributed by atoms with Crippen molar-refractivity contribution < 1.29 is 9.21 Å². The molecule has 3 aromatic rings. The molecular formula is C17H17N3O2. The van der Waals surface area contributed by atoms with Crippen molar-refractivity contribution in [2.24, 2.45) is 12.1 Å². The number of aromatic nitrogens is 1. The highest BCUT2D eigenvalue weighted by molar-refractivity contribution is 6.02. The number of benzene rings is 1. The number of hydrogen-bond donors (Lipinski definition) is 1. The van der Waals surface area contributed by atoms with E-state index < -0.39 is 0 Å². The molecule has 0 aliphatic rings. The highest BCUT2D eigenvalue weighted by Gasteiger charge is 2.11. The Kier molecular flexibility index (Phi) is 3.55. The minimum atomic E-state index is -0.277. The Morgan fingerprint density at radius 3 is 2.77 bits per heavy atom. The van der Waals surface area contributed by atoms with E-state index in [9.17, 15) is 4.79 Å². The molecule has 0 saturated heterocycles. The average molecular weight is 295 g/mol. The fourth-order valence-electron chi connectivity index (χ4n) is 2.55. The first-order valence-electron chi connectivity index (χ1n) is 7.01. The summed E-state index contributed by atoms with van der Waals surface area (Å²) >= 11 is 0. The first-order valence-corrected chi connectivity index (χ1v) is 7.01. The van der Waals surface area contributed by atoms with Crippen LogP contribution in [0.15, 0.2) is 46.1 Å². The van der Waals surface area contributed by atoms with Crippen LogP contribution in [0.5, 0.6) is 0 Å². The number of carbonyl (C=O) groups is 1. The van der Waals surface area contributed by atoms with E-state index in [4.69, 9.17) is 4.42 Å². The fourth-order valence-corrected chi connectivity index (χ4v) is 2.55. The molecule has 1 aromatic carbocycles. The molecule has 1 amide bonds. The zero-order valence-electron chi connectivity index (χ0n) is 12.8. The van der Waals surface area contributed by atoms with Crippen LogP contribution in [-0.2, 0) is 7.05 Å². The summed E-state index contributed by atoms with van der Waals surface area (Å²) in [5.41, 5.74) is 6.26. The van der Waals surface area contributed by atoms with Crippen molar-refractivity contribution in [3.63, 3.8) is 0 Å². The summed E-state index contributed by atoms with van der Waals surface area (Å²) in [6.45, 7) is 3.77. The Morgan fingerprint density at radius 2 is 2.05 bits per heavy atom. The third kappa shape index (κ3) is 2.30. The molecule has 22 heavy (non-hydrogen) atoms. The quantitative estimate of drug-likeness (QED) is 0.596. The predicted octanol–water partition coefficient (Wildman–Crippen LogP) is 3.15. The lowest BCUT2D eigenvalue weighted by Crippen LogP contribution is -2.17. The van der Waals surface area contributed by atoms with Gasteiger partial charge in [-0.3, -0.25) is 4.79 Å². The summed E-state index contributed by atoms with van der Waals surface area (Å²) in [5.74, 6) is 0.300. The minimum absolute atomic E-state index is 0.277. The first kappa shape index (κ1) is 14.1. The topological polar surface area (TPSA) is 59.5 Å². The van der Waals surface area contributed by atoms with Gasteiger partial charge >= 0.3 is 0 Å². The molecule has 0 unspecified atom stereocenters. The maximum absolute atomic E-state index is 12.0. The first-order chi connectivity index (χ1) is 10.6. The van der Waals surface area contributed by atoms with Crippen molar-refractivity contribution in [1.82, 2.24) is 9.99 Å². The molecule has 0 aliphatic carbocycles. The van der Waals surface area contributed by atoms with Gasteiger partial charge < -0.3 is 8.98 Å². The van der Waals surface area contributed by atoms with E-state index in [1.54, 1.807) is 19.2 Å². The van der Waals surface area contributed by atoms with Crippen LogP contribution in [0.2, 0.25) is 0 Å². The van der Waals surface area contributed by atoms with Crippen molar-refractivity contribution >= 4 is 23.0 Å². The highest BCUT2D eigenvalue weighted by Crippen LogP contribution is 2.22. The lowest BCUT2D eigenvalue weighted by atomic mass is 10.1. The number of aryl methyl sites for hydroxylation is 2. The van der Waals surface area contributed by atoms with E-state index in [0.29, 0.717) is 11.3 Å². The van der Waals surface area contributed by atoms with Crippen LogP contribution in [0, 0.1) is 13.8 Å². The number of nitrogens with one attached hydrogen (secondary N) is 1. The molecule has 0 saturated carbocycles. The number of fused-ring (bicyclic) bond motifs is 1. The van der Waals surface area contributed by atoms with Crippen molar-refractivity contribution in [3.05, 3.63) is 59.2 Å². The average Bonchev–Trinajstić information content (AvgIpc) is 3.05. The summed E-state index contributed by atoms with van der Waals surface area (Å²) in [4.78, 5) is 12.0. The SMILES string of the molecule is Cc1occc1C(=O)N/N=C/c1c(C)n(C)c2ccccc12. The van der Waals surface area contributed by atoms with E-state index in [2.05, 4.69) is 21.2 Å². The summed E-state index contributed by atoms with van der Waals surface area (Å²) in [6.07, 6.45) is 3.17. The molecule has 0 bridgehead atoms. The molecule has 5 heteroatoms. The molecule has 1 N–H and O–H groups in total. The second-order valence-corrected chi connectivity index (χ2v) is 5.16. The minimum Gasteiger partial charge on any atom is -0.469 e. The van der Waals surface area contributed by atoms with Crippen LogP contribution in [0.4, 0.5) is 0 Å². The van der Waals surface area contributed by atoms with Crippen molar-refractivity contribution in [2.75, 3.05) is 0 Å². The molecule has 0 aliphatic heterocycles. The molecule has 0 radical (unpaired) electrons. The molecule has 112 valence electrons. The third-order valence-electron chi connectivity index (χ3n) is 3.91. The number of rotatable bonds is 3. The maximum atomic E-state index is 12.0. The number of amides is 1. The summed E-state index contributed by atoms with van der Waals surface area (Å²) in [6, 6.07) is 9.74. The van der Waals surface area contributed by atoms with Gasteiger partial charge in [0.1, 0.15) is 5.76 Å². The predicted molar refractivity (Wildman–Crippen MR) is 86.2 cm³/mol. The van der Waals surface area contributed by atoms with Crippen LogP contribution in [0.3, 0.4) is 0 Å². The fraction of sp³-hybridized carbons (Fsp3) is 0.176. The molecule has 0 spiro atoms. The van der Waals surface area contributed by atoms with Crippen molar-refractivity contribution in [2.45, 2.75) is 13.8 Å². The number of hydrogen-bond acceptors (Lipinski definition) is 3. The summed E-state index contributed by atoms with van der Waals surface area (Å²) in [7, 11) is 2.02. The molecule has 0 fully saturated rings. The van der Waals surface area contributed by atoms with Crippen molar-refractivity contribution in [1.29, 1.82) is 0 Å². The van der Waals surface area contributed by atoms with Crippen LogP contribution in [0.1, 0.15) is 27.4 Å². The molecule has 2 heterocycles. The largest absolute Gasteiger partial charge is 0.469 e. The third-order valence-corrected chi connectivity index (χ3v) is 3.91. The second kappa shape index (κ2) is 5.52. The Labute approximate surface area is 128 Å². The van der Waals surface area contributed by atoms with E-state index in [1.807, 2.05) is 32.2 Å². The summed E-state index contributed by atoms with van der Waals surface area (Å²) in [5, 5.41) is 5.19. The normalized spacial score (nSPS) is 11.4. The van der Waals surface area contributed by atoms with Gasteiger partial charge in [-0.25, -0.2) is 5.43 Å². The number of nitrogens with zero attached hydrogens (tertiary/aromatic N) is 2. The zero-order valence-corrected chi connectivity index (χ0v) is 12.8. The molecule has 0 atom stereocenters. The van der Waals surface area contributed by atoms with Gasteiger partial charge in [-0.15, -0.1) is 0 Å². The molecule has 2 aromatic heterocycles. The lowest BCUT2D eigenvalue weighted by molar-refractivity contribution is 0.0953. The number of hydrazone groups is 1. The molecule has 3 rings (SSSR count). The van der Waals surface area contributed by atoms with Gasteiger partial charge in [0, 0.05) is 29.2 Å². The standard InChI is InChI=1S/C17H17N3O2/c1-11-15(14-6-4-5-7-16(14)20(11)3)10-18-19-17(21)13-8-9-22-12(13)2/h4-10H,1-3H3,(H,19,21)/b18-10+. The van der Waals surface area contributed by atoms with Gasteiger partial charge in [0.25, 0.3) is 5.91 Å². The zero-order chi connectivity index (χ0) is 15.7. The smallest absolute Gasteiger partial charge is 0.274 e. The Balaban J connectivity index is 1.86. The molecular weight excluding hydrogens is 278 g/mol. The van der Waals surface area contributed by atoms with E-state index >= 15 is 0 Å². The molecule has 5 nitrogen and oxygen atoms in total. The van der Waals surface area contributed by atoms with Crippen LogP contribution >= 0.6 is 0 Å². The van der Waals surface area contributed by atoms with Crippen LogP contribution < -0.4 is 5.43 Å². The van der Waals surface area contributed by atoms with Gasteiger partial charge in [0.2, 0.25) is 0 Å². The Hall–Kier alpha value is -2.82. The monoisotopic (exact) mass is 295 g/mol. The van der Waals surface area contributed by atoms with E-state index in [-0.39, 0.29) is 5.91 Å². The van der Waals surface area contributed by atoms with Gasteiger partial charge in [-0.05, 0) is 26.0 Å². The van der Waals surface area contributed by atoms with Crippen LogP contribution in [-0.4, -0.2) is 16.7 Å². The Bertz CT molecular complexity index is 871. The van der Waals surface area contributed by atoms with Gasteiger partial charge in [-0.2, -0.15) is 5.10 Å². The maximum Gasteiger partial charge on any atom is 0.274 e. The van der Waals surface area contributed by atoms with E-state index in [1.165, 1.54) is 6.26 Å². The van der Waals surface area contributed by atoms with E-state index in [0.717, 1.165) is 22.2 Å². The lowest BCUT2D eigenvalue weighted by Gasteiger charge is -1.98. The summed E-state index contributed by atoms with van der Waals surface area (Å²) < 4.78 is 7.22. The van der Waals surface area contributed by atoms with Gasteiger partial charge in [0.05, 0.1) is 18.0 Å². The van der Waals surface area contributed by atoms with Gasteiger partial charge in [0.15, 0.2) is 0 Å². The van der Waals surface area contributed by atoms with Gasteiger partial charge in [-0.1, -0.05) is 18.2 Å². The Morgan fingerprint density at radius 1 is 1.27 bits per heavy atom.